The molecule has 5 nitrogen and oxygen atoms in total. The lowest BCUT2D eigenvalue weighted by atomic mass is 10.1. The number of aryl methyl sites for hydroxylation is 2. The Morgan fingerprint density at radius 2 is 1.75 bits per heavy atom. The predicted octanol–water partition coefficient (Wildman–Crippen LogP) is 2.04. The molecule has 1 fully saturated rings. The van der Waals surface area contributed by atoms with Gasteiger partial charge in [-0.15, -0.1) is 0 Å². The van der Waals surface area contributed by atoms with Gasteiger partial charge in [0, 0.05) is 45.5 Å². The van der Waals surface area contributed by atoms with Crippen LogP contribution < -0.4 is 0 Å². The van der Waals surface area contributed by atoms with Crippen LogP contribution in [0.1, 0.15) is 27.3 Å². The highest BCUT2D eigenvalue weighted by atomic mass is 16.2. The van der Waals surface area contributed by atoms with E-state index in [0.717, 1.165) is 56.1 Å². The average Bonchev–Trinajstić information content (AvgIpc) is 2.86. The summed E-state index contributed by atoms with van der Waals surface area (Å²) in [6.07, 6.45) is 1.07. The summed E-state index contributed by atoms with van der Waals surface area (Å²) in [5, 5.41) is 4.36. The Labute approximate surface area is 143 Å². The molecule has 0 spiro atoms. The average molecular weight is 326 g/mol. The Hall–Kier alpha value is -2.14. The number of carbonyl (C=O) groups excluding carboxylic acids is 1. The quantitative estimate of drug-likeness (QED) is 0.863. The zero-order valence-electron chi connectivity index (χ0n) is 14.8. The van der Waals surface area contributed by atoms with E-state index in [1.165, 1.54) is 5.56 Å². The first-order chi connectivity index (χ1) is 11.6. The standard InChI is InChI=1S/C19H26N4O/c1-15-18(16(2)21(3)20-15)19(24)23-13-11-22(12-14-23)10-9-17-7-5-4-6-8-17/h4-8H,9-14H2,1-3H3. The Kier molecular flexibility index (Phi) is 5.00. The van der Waals surface area contributed by atoms with Crippen molar-refractivity contribution in [3.63, 3.8) is 0 Å². The molecule has 1 aromatic heterocycles. The van der Waals surface area contributed by atoms with Crippen molar-refractivity contribution in [3.05, 3.63) is 52.8 Å². The molecular formula is C19H26N4O. The Morgan fingerprint density at radius 1 is 1.08 bits per heavy atom. The zero-order chi connectivity index (χ0) is 17.1. The highest BCUT2D eigenvalue weighted by Gasteiger charge is 2.26. The van der Waals surface area contributed by atoms with Crippen molar-refractivity contribution in [2.75, 3.05) is 32.7 Å². The van der Waals surface area contributed by atoms with Gasteiger partial charge in [-0.2, -0.15) is 5.10 Å². The minimum Gasteiger partial charge on any atom is -0.336 e. The zero-order valence-corrected chi connectivity index (χ0v) is 14.8. The minimum atomic E-state index is 0.126. The van der Waals surface area contributed by atoms with E-state index in [-0.39, 0.29) is 5.91 Å². The summed E-state index contributed by atoms with van der Waals surface area (Å²) >= 11 is 0. The van der Waals surface area contributed by atoms with Crippen molar-refractivity contribution >= 4 is 5.91 Å². The molecule has 0 bridgehead atoms. The van der Waals surface area contributed by atoms with Crippen LogP contribution in [0.2, 0.25) is 0 Å². The molecule has 128 valence electrons. The van der Waals surface area contributed by atoms with Crippen LogP contribution in [-0.4, -0.2) is 58.2 Å². The van der Waals surface area contributed by atoms with Crippen LogP contribution in [0.15, 0.2) is 30.3 Å². The molecule has 1 aliphatic heterocycles. The van der Waals surface area contributed by atoms with Crippen LogP contribution in [0.4, 0.5) is 0 Å². The molecule has 5 heteroatoms. The summed E-state index contributed by atoms with van der Waals surface area (Å²) in [6.45, 7) is 8.40. The maximum absolute atomic E-state index is 12.8. The van der Waals surface area contributed by atoms with E-state index in [2.05, 4.69) is 40.3 Å². The number of nitrogens with zero attached hydrogens (tertiary/aromatic N) is 4. The smallest absolute Gasteiger partial charge is 0.257 e. The van der Waals surface area contributed by atoms with Gasteiger partial charge in [-0.1, -0.05) is 30.3 Å². The van der Waals surface area contributed by atoms with E-state index < -0.39 is 0 Å². The normalized spacial score (nSPS) is 15.7. The molecule has 0 atom stereocenters. The summed E-state index contributed by atoms with van der Waals surface area (Å²) < 4.78 is 1.79. The number of piperazine rings is 1. The third kappa shape index (κ3) is 3.51. The Morgan fingerprint density at radius 3 is 2.33 bits per heavy atom. The van der Waals surface area contributed by atoms with Gasteiger partial charge in [0.15, 0.2) is 0 Å². The van der Waals surface area contributed by atoms with Gasteiger partial charge in [-0.05, 0) is 25.8 Å². The Balaban J connectivity index is 1.54. The second kappa shape index (κ2) is 7.18. The third-order valence-corrected chi connectivity index (χ3v) is 4.94. The highest BCUT2D eigenvalue weighted by Crippen LogP contribution is 2.16. The molecule has 2 heterocycles. The monoisotopic (exact) mass is 326 g/mol. The molecule has 1 saturated heterocycles. The summed E-state index contributed by atoms with van der Waals surface area (Å²) in [5.41, 5.74) is 3.92. The van der Waals surface area contributed by atoms with Crippen LogP contribution in [-0.2, 0) is 13.5 Å². The van der Waals surface area contributed by atoms with Gasteiger partial charge in [0.05, 0.1) is 11.3 Å². The lowest BCUT2D eigenvalue weighted by Gasteiger charge is -2.34. The lowest BCUT2D eigenvalue weighted by molar-refractivity contribution is 0.0637. The minimum absolute atomic E-state index is 0.126. The summed E-state index contributed by atoms with van der Waals surface area (Å²) in [5.74, 6) is 0.126. The van der Waals surface area contributed by atoms with E-state index >= 15 is 0 Å². The van der Waals surface area contributed by atoms with Crippen molar-refractivity contribution in [2.45, 2.75) is 20.3 Å². The van der Waals surface area contributed by atoms with Crippen molar-refractivity contribution in [2.24, 2.45) is 7.05 Å². The summed E-state index contributed by atoms with van der Waals surface area (Å²) in [6, 6.07) is 10.6. The fourth-order valence-corrected chi connectivity index (χ4v) is 3.35. The van der Waals surface area contributed by atoms with E-state index in [9.17, 15) is 4.79 Å². The second-order valence-electron chi connectivity index (χ2n) is 6.54. The maximum atomic E-state index is 12.8. The van der Waals surface area contributed by atoms with Crippen LogP contribution in [0, 0.1) is 13.8 Å². The molecule has 0 radical (unpaired) electrons. The second-order valence-corrected chi connectivity index (χ2v) is 6.54. The first-order valence-corrected chi connectivity index (χ1v) is 8.62. The van der Waals surface area contributed by atoms with Crippen molar-refractivity contribution in [3.8, 4) is 0 Å². The van der Waals surface area contributed by atoms with Crippen molar-refractivity contribution < 1.29 is 4.79 Å². The molecule has 24 heavy (non-hydrogen) atoms. The van der Waals surface area contributed by atoms with E-state index in [4.69, 9.17) is 0 Å². The lowest BCUT2D eigenvalue weighted by Crippen LogP contribution is -2.49. The van der Waals surface area contributed by atoms with Gasteiger partial charge in [-0.3, -0.25) is 14.4 Å². The number of carbonyl (C=O) groups is 1. The van der Waals surface area contributed by atoms with Gasteiger partial charge < -0.3 is 4.90 Å². The molecular weight excluding hydrogens is 300 g/mol. The SMILES string of the molecule is Cc1nn(C)c(C)c1C(=O)N1CCN(CCc2ccccc2)CC1. The molecule has 1 aromatic carbocycles. The molecule has 0 N–H and O–H groups in total. The molecule has 0 unspecified atom stereocenters. The number of rotatable bonds is 4. The van der Waals surface area contributed by atoms with Gasteiger partial charge in [0.25, 0.3) is 5.91 Å². The van der Waals surface area contributed by atoms with Crippen molar-refractivity contribution in [1.82, 2.24) is 19.6 Å². The van der Waals surface area contributed by atoms with Crippen LogP contribution in [0.3, 0.4) is 0 Å². The van der Waals surface area contributed by atoms with E-state index in [0.29, 0.717) is 0 Å². The number of hydrogen-bond donors (Lipinski definition) is 0. The third-order valence-electron chi connectivity index (χ3n) is 4.94. The largest absolute Gasteiger partial charge is 0.336 e. The number of hydrogen-bond acceptors (Lipinski definition) is 3. The van der Waals surface area contributed by atoms with Crippen LogP contribution in [0.5, 0.6) is 0 Å². The molecule has 2 aromatic rings. The summed E-state index contributed by atoms with van der Waals surface area (Å²) in [7, 11) is 1.89. The number of benzene rings is 1. The molecule has 1 aliphatic rings. The van der Waals surface area contributed by atoms with Crippen LogP contribution >= 0.6 is 0 Å². The van der Waals surface area contributed by atoms with Gasteiger partial charge in [0.1, 0.15) is 0 Å². The molecule has 0 aliphatic carbocycles. The summed E-state index contributed by atoms with van der Waals surface area (Å²) in [4.78, 5) is 17.2. The van der Waals surface area contributed by atoms with Gasteiger partial charge in [0.2, 0.25) is 0 Å². The fraction of sp³-hybridized carbons (Fsp3) is 0.474. The maximum Gasteiger partial charge on any atom is 0.257 e. The number of aromatic nitrogens is 2. The molecule has 3 rings (SSSR count). The van der Waals surface area contributed by atoms with E-state index in [1.54, 1.807) is 4.68 Å². The fourth-order valence-electron chi connectivity index (χ4n) is 3.35. The first kappa shape index (κ1) is 16.7. The van der Waals surface area contributed by atoms with Gasteiger partial charge >= 0.3 is 0 Å². The Bertz CT molecular complexity index is 700. The molecule has 1 amide bonds. The first-order valence-electron chi connectivity index (χ1n) is 8.62. The highest BCUT2D eigenvalue weighted by molar-refractivity contribution is 5.96. The van der Waals surface area contributed by atoms with Crippen LogP contribution in [0.25, 0.3) is 0 Å². The van der Waals surface area contributed by atoms with Crippen molar-refractivity contribution in [1.29, 1.82) is 0 Å². The van der Waals surface area contributed by atoms with Gasteiger partial charge in [-0.25, -0.2) is 0 Å². The molecule has 0 saturated carbocycles. The topological polar surface area (TPSA) is 41.4 Å². The van der Waals surface area contributed by atoms with E-state index in [1.807, 2.05) is 25.8 Å². The predicted molar refractivity (Wildman–Crippen MR) is 95.2 cm³/mol. The number of amides is 1.